The molecule has 114 valence electrons. The van der Waals surface area contributed by atoms with E-state index in [1.807, 2.05) is 42.5 Å². The van der Waals surface area contributed by atoms with E-state index in [9.17, 15) is 9.59 Å². The largest absolute Gasteiger partial charge is 0.449 e. The van der Waals surface area contributed by atoms with E-state index in [0.717, 1.165) is 9.13 Å². The Kier molecular flexibility index (Phi) is 5.94. The molecule has 2 aromatic carbocycles. The van der Waals surface area contributed by atoms with Gasteiger partial charge in [-0.2, -0.15) is 0 Å². The standard InChI is InChI=1S/C17H16INO3/c1-12(16(20)19-11-13-7-3-2-4-8-13)22-17(21)14-9-5-6-10-15(14)18/h2-10,12H,11H2,1H3,(H,19,20)/t12-/m0/s1. The highest BCUT2D eigenvalue weighted by molar-refractivity contribution is 14.1. The van der Waals surface area contributed by atoms with Crippen molar-refractivity contribution in [3.05, 3.63) is 69.3 Å². The van der Waals surface area contributed by atoms with E-state index < -0.39 is 12.1 Å². The van der Waals surface area contributed by atoms with Gasteiger partial charge in [0, 0.05) is 10.1 Å². The molecular formula is C17H16INO3. The number of hydrogen-bond donors (Lipinski definition) is 1. The second-order valence-electron chi connectivity index (χ2n) is 4.73. The third-order valence-corrected chi connectivity index (χ3v) is 4.00. The van der Waals surface area contributed by atoms with Gasteiger partial charge in [-0.25, -0.2) is 4.79 Å². The van der Waals surface area contributed by atoms with Crippen LogP contribution < -0.4 is 5.32 Å². The van der Waals surface area contributed by atoms with Gasteiger partial charge in [0.05, 0.1) is 5.56 Å². The topological polar surface area (TPSA) is 55.4 Å². The lowest BCUT2D eigenvalue weighted by atomic mass is 10.2. The lowest BCUT2D eigenvalue weighted by molar-refractivity contribution is -0.129. The van der Waals surface area contributed by atoms with E-state index in [4.69, 9.17) is 4.74 Å². The summed E-state index contributed by atoms with van der Waals surface area (Å²) in [5.74, 6) is -0.810. The van der Waals surface area contributed by atoms with Gasteiger partial charge in [-0.1, -0.05) is 42.5 Å². The van der Waals surface area contributed by atoms with Crippen LogP contribution in [0.25, 0.3) is 0 Å². The van der Waals surface area contributed by atoms with Crippen LogP contribution in [0.2, 0.25) is 0 Å². The maximum absolute atomic E-state index is 12.0. The predicted molar refractivity (Wildman–Crippen MR) is 92.3 cm³/mol. The minimum atomic E-state index is -0.841. The average molecular weight is 409 g/mol. The van der Waals surface area contributed by atoms with Crippen LogP contribution in [0, 0.1) is 3.57 Å². The summed E-state index contributed by atoms with van der Waals surface area (Å²) in [6, 6.07) is 16.7. The second kappa shape index (κ2) is 7.93. The number of amides is 1. The number of benzene rings is 2. The molecule has 1 N–H and O–H groups in total. The average Bonchev–Trinajstić information content (AvgIpc) is 2.53. The lowest BCUT2D eigenvalue weighted by Crippen LogP contribution is -2.35. The van der Waals surface area contributed by atoms with Crippen LogP contribution in [0.1, 0.15) is 22.8 Å². The normalized spacial score (nSPS) is 11.5. The van der Waals surface area contributed by atoms with Crippen molar-refractivity contribution >= 4 is 34.5 Å². The van der Waals surface area contributed by atoms with Crippen LogP contribution in [-0.4, -0.2) is 18.0 Å². The fourth-order valence-corrected chi connectivity index (χ4v) is 2.44. The molecule has 0 saturated heterocycles. The molecule has 4 nitrogen and oxygen atoms in total. The molecule has 0 bridgehead atoms. The molecule has 5 heteroatoms. The van der Waals surface area contributed by atoms with E-state index in [1.54, 1.807) is 19.1 Å². The number of ether oxygens (including phenoxy) is 1. The summed E-state index contributed by atoms with van der Waals surface area (Å²) in [4.78, 5) is 24.0. The summed E-state index contributed by atoms with van der Waals surface area (Å²) < 4.78 is 6.01. The number of hydrogen-bond acceptors (Lipinski definition) is 3. The van der Waals surface area contributed by atoms with Crippen molar-refractivity contribution in [3.8, 4) is 0 Å². The van der Waals surface area contributed by atoms with Crippen LogP contribution >= 0.6 is 22.6 Å². The molecule has 0 radical (unpaired) electrons. The molecule has 1 amide bonds. The van der Waals surface area contributed by atoms with E-state index in [2.05, 4.69) is 27.9 Å². The third kappa shape index (κ3) is 4.56. The number of rotatable bonds is 5. The minimum absolute atomic E-state index is 0.317. The van der Waals surface area contributed by atoms with Gasteiger partial charge >= 0.3 is 5.97 Å². The smallest absolute Gasteiger partial charge is 0.339 e. The first kappa shape index (κ1) is 16.5. The van der Waals surface area contributed by atoms with E-state index >= 15 is 0 Å². The van der Waals surface area contributed by atoms with Crippen molar-refractivity contribution in [2.24, 2.45) is 0 Å². The molecule has 0 aliphatic carbocycles. The Hall–Kier alpha value is -1.89. The molecule has 22 heavy (non-hydrogen) atoms. The van der Waals surface area contributed by atoms with E-state index in [0.29, 0.717) is 12.1 Å². The highest BCUT2D eigenvalue weighted by Gasteiger charge is 2.19. The first-order valence-corrected chi connectivity index (χ1v) is 7.93. The monoisotopic (exact) mass is 409 g/mol. The van der Waals surface area contributed by atoms with Gasteiger partial charge in [-0.15, -0.1) is 0 Å². The zero-order chi connectivity index (χ0) is 15.9. The van der Waals surface area contributed by atoms with Gasteiger partial charge in [-0.05, 0) is 47.2 Å². The van der Waals surface area contributed by atoms with Gasteiger partial charge in [0.2, 0.25) is 0 Å². The summed E-state index contributed by atoms with van der Waals surface area (Å²) >= 11 is 2.06. The molecule has 0 heterocycles. The van der Waals surface area contributed by atoms with Crippen molar-refractivity contribution in [1.29, 1.82) is 0 Å². The highest BCUT2D eigenvalue weighted by Crippen LogP contribution is 2.13. The maximum atomic E-state index is 12.0. The van der Waals surface area contributed by atoms with Crippen LogP contribution in [0.15, 0.2) is 54.6 Å². The van der Waals surface area contributed by atoms with Crippen molar-refractivity contribution < 1.29 is 14.3 Å². The Morgan fingerprint density at radius 2 is 1.73 bits per heavy atom. The number of nitrogens with one attached hydrogen (secondary N) is 1. The highest BCUT2D eigenvalue weighted by atomic mass is 127. The van der Waals surface area contributed by atoms with Crippen molar-refractivity contribution in [1.82, 2.24) is 5.32 Å². The summed E-state index contributed by atoms with van der Waals surface area (Å²) in [5, 5.41) is 2.75. The van der Waals surface area contributed by atoms with Crippen molar-refractivity contribution in [2.75, 3.05) is 0 Å². The summed E-state index contributed by atoms with van der Waals surface area (Å²) in [5.41, 5.74) is 1.46. The minimum Gasteiger partial charge on any atom is -0.449 e. The Labute approximate surface area is 143 Å². The number of carbonyl (C=O) groups excluding carboxylic acids is 2. The van der Waals surface area contributed by atoms with Crippen molar-refractivity contribution in [2.45, 2.75) is 19.6 Å². The molecule has 0 saturated carbocycles. The fourth-order valence-electron chi connectivity index (χ4n) is 1.83. The molecule has 0 unspecified atom stereocenters. The molecular weight excluding hydrogens is 393 g/mol. The summed E-state index contributed by atoms with van der Waals surface area (Å²) in [6.07, 6.45) is -0.841. The third-order valence-electron chi connectivity index (χ3n) is 3.06. The van der Waals surface area contributed by atoms with E-state index in [1.165, 1.54) is 0 Å². The first-order valence-electron chi connectivity index (χ1n) is 6.85. The molecule has 2 rings (SSSR count). The zero-order valence-corrected chi connectivity index (χ0v) is 14.2. The fraction of sp³-hybridized carbons (Fsp3) is 0.176. The molecule has 0 aromatic heterocycles. The zero-order valence-electron chi connectivity index (χ0n) is 12.1. The van der Waals surface area contributed by atoms with E-state index in [-0.39, 0.29) is 5.91 Å². The SMILES string of the molecule is C[C@H](OC(=O)c1ccccc1I)C(=O)NCc1ccccc1. The Morgan fingerprint density at radius 3 is 2.41 bits per heavy atom. The van der Waals surface area contributed by atoms with Crippen molar-refractivity contribution in [3.63, 3.8) is 0 Å². The quantitative estimate of drug-likeness (QED) is 0.610. The van der Waals surface area contributed by atoms with Gasteiger partial charge in [-0.3, -0.25) is 4.79 Å². The first-order chi connectivity index (χ1) is 10.6. The number of esters is 1. The molecule has 2 aromatic rings. The van der Waals surface area contributed by atoms with Crippen LogP contribution in [-0.2, 0) is 16.1 Å². The Bertz CT molecular complexity index is 658. The molecule has 0 spiro atoms. The van der Waals surface area contributed by atoms with Crippen LogP contribution in [0.5, 0.6) is 0 Å². The molecule has 0 aliphatic rings. The van der Waals surface area contributed by atoms with Crippen LogP contribution in [0.3, 0.4) is 0 Å². The van der Waals surface area contributed by atoms with Gasteiger partial charge in [0.15, 0.2) is 6.10 Å². The maximum Gasteiger partial charge on any atom is 0.339 e. The predicted octanol–water partition coefficient (Wildman–Crippen LogP) is 3.15. The summed E-state index contributed by atoms with van der Waals surface area (Å²) in [6.45, 7) is 1.97. The second-order valence-corrected chi connectivity index (χ2v) is 5.89. The number of carbonyl (C=O) groups is 2. The van der Waals surface area contributed by atoms with Crippen LogP contribution in [0.4, 0.5) is 0 Å². The Morgan fingerprint density at radius 1 is 1.09 bits per heavy atom. The number of halogens is 1. The summed E-state index contributed by atoms with van der Waals surface area (Å²) in [7, 11) is 0. The molecule has 1 atom stereocenters. The van der Waals surface area contributed by atoms with Gasteiger partial charge in [0.1, 0.15) is 0 Å². The Balaban J connectivity index is 1.89. The van der Waals surface area contributed by atoms with Gasteiger partial charge < -0.3 is 10.1 Å². The molecule has 0 aliphatic heterocycles. The lowest BCUT2D eigenvalue weighted by Gasteiger charge is -2.14. The van der Waals surface area contributed by atoms with Gasteiger partial charge in [0.25, 0.3) is 5.91 Å². The molecule has 0 fully saturated rings.